The van der Waals surface area contributed by atoms with E-state index in [1.54, 1.807) is 6.07 Å². The molecule has 0 saturated carbocycles. The van der Waals surface area contributed by atoms with E-state index in [1.165, 1.54) is 0 Å². The number of benzene rings is 3. The third-order valence-electron chi connectivity index (χ3n) is 3.58. The van der Waals surface area contributed by atoms with Crippen molar-refractivity contribution in [1.82, 2.24) is 9.97 Å². The van der Waals surface area contributed by atoms with Gasteiger partial charge in [0.05, 0.1) is 22.1 Å². The topological polar surface area (TPSA) is 46.0 Å². The minimum Gasteiger partial charge on any atom is -0.507 e. The Kier molecular flexibility index (Phi) is 2.18. The monoisotopic (exact) mass is 260 g/mol. The first-order valence-electron chi connectivity index (χ1n) is 6.51. The van der Waals surface area contributed by atoms with Crippen LogP contribution in [0.4, 0.5) is 0 Å². The lowest BCUT2D eigenvalue weighted by molar-refractivity contribution is 0.482. The molecule has 3 aromatic carbocycles. The quantitative estimate of drug-likeness (QED) is 0.384. The van der Waals surface area contributed by atoms with Gasteiger partial charge in [0.25, 0.3) is 0 Å². The molecule has 96 valence electrons. The molecule has 0 amide bonds. The molecule has 1 heterocycles. The number of aromatic hydroxyl groups is 1. The molecule has 0 fully saturated rings. The summed E-state index contributed by atoms with van der Waals surface area (Å²) in [5.41, 5.74) is 4.43. The molecule has 1 N–H and O–H groups in total. The smallest absolute Gasteiger partial charge is 0.125 e. The molecule has 1 aromatic heterocycles. The van der Waals surface area contributed by atoms with Crippen LogP contribution in [0, 0.1) is 6.92 Å². The van der Waals surface area contributed by atoms with E-state index in [9.17, 15) is 5.11 Å². The highest BCUT2D eigenvalue weighted by Gasteiger charge is 2.09. The molecule has 0 atom stereocenters. The molecular formula is C17H12N2O. The van der Waals surface area contributed by atoms with Crippen LogP contribution in [0.15, 0.2) is 48.5 Å². The number of fused-ring (bicyclic) bond motifs is 4. The van der Waals surface area contributed by atoms with Crippen LogP contribution in [0.3, 0.4) is 0 Å². The van der Waals surface area contributed by atoms with E-state index in [-0.39, 0.29) is 5.75 Å². The third kappa shape index (κ3) is 1.53. The van der Waals surface area contributed by atoms with Crippen molar-refractivity contribution in [3.63, 3.8) is 0 Å². The Morgan fingerprint density at radius 3 is 2.45 bits per heavy atom. The Labute approximate surface area is 115 Å². The summed E-state index contributed by atoms with van der Waals surface area (Å²) >= 11 is 0. The molecular weight excluding hydrogens is 248 g/mol. The van der Waals surface area contributed by atoms with Gasteiger partial charge in [0.15, 0.2) is 0 Å². The fraction of sp³-hybridized carbons (Fsp3) is 0.0588. The van der Waals surface area contributed by atoms with Crippen molar-refractivity contribution in [2.75, 3.05) is 0 Å². The summed E-state index contributed by atoms with van der Waals surface area (Å²) in [6, 6.07) is 15.4. The van der Waals surface area contributed by atoms with E-state index in [0.717, 1.165) is 38.4 Å². The molecule has 4 aromatic rings. The molecule has 0 radical (unpaired) electrons. The molecule has 4 rings (SSSR count). The lowest BCUT2D eigenvalue weighted by atomic mass is 10.1. The number of hydrogen-bond acceptors (Lipinski definition) is 3. The number of phenols is 1. The van der Waals surface area contributed by atoms with Crippen molar-refractivity contribution in [1.29, 1.82) is 0 Å². The second-order valence-corrected chi connectivity index (χ2v) is 5.02. The first-order chi connectivity index (χ1) is 9.72. The minimum absolute atomic E-state index is 0.245. The zero-order chi connectivity index (χ0) is 13.7. The number of phenolic OH excluding ortho intramolecular Hbond substituents is 1. The summed E-state index contributed by atoms with van der Waals surface area (Å²) in [6.07, 6.45) is 0. The van der Waals surface area contributed by atoms with Crippen LogP contribution in [-0.4, -0.2) is 15.1 Å². The minimum atomic E-state index is 0.245. The molecule has 0 saturated heterocycles. The number of nitrogens with zero attached hydrogens (tertiary/aromatic N) is 2. The Balaban J connectivity index is 2.25. The largest absolute Gasteiger partial charge is 0.507 e. The first-order valence-corrected chi connectivity index (χ1v) is 6.51. The summed E-state index contributed by atoms with van der Waals surface area (Å²) < 4.78 is 0. The zero-order valence-corrected chi connectivity index (χ0v) is 11.0. The SMILES string of the molecule is Cc1ccc2nc3c(cc(O)c4ccccc43)nc2c1. The van der Waals surface area contributed by atoms with Crippen LogP contribution in [0.5, 0.6) is 5.75 Å². The highest BCUT2D eigenvalue weighted by Crippen LogP contribution is 2.31. The van der Waals surface area contributed by atoms with Crippen LogP contribution in [0.1, 0.15) is 5.56 Å². The van der Waals surface area contributed by atoms with Gasteiger partial charge in [-0.1, -0.05) is 30.3 Å². The molecule has 0 bridgehead atoms. The van der Waals surface area contributed by atoms with E-state index in [0.29, 0.717) is 0 Å². The Morgan fingerprint density at radius 1 is 0.800 bits per heavy atom. The lowest BCUT2D eigenvalue weighted by Crippen LogP contribution is -1.89. The summed E-state index contributed by atoms with van der Waals surface area (Å²) in [5.74, 6) is 0.245. The van der Waals surface area contributed by atoms with E-state index < -0.39 is 0 Å². The van der Waals surface area contributed by atoms with Crippen molar-refractivity contribution >= 4 is 32.8 Å². The van der Waals surface area contributed by atoms with Gasteiger partial charge in [-0.05, 0) is 24.6 Å². The molecule has 0 unspecified atom stereocenters. The Morgan fingerprint density at radius 2 is 1.60 bits per heavy atom. The van der Waals surface area contributed by atoms with Gasteiger partial charge >= 0.3 is 0 Å². The van der Waals surface area contributed by atoms with Gasteiger partial charge in [-0.2, -0.15) is 0 Å². The molecule has 0 aliphatic heterocycles. The molecule has 3 nitrogen and oxygen atoms in total. The maximum Gasteiger partial charge on any atom is 0.125 e. The summed E-state index contributed by atoms with van der Waals surface area (Å²) in [5, 5.41) is 11.9. The van der Waals surface area contributed by atoms with E-state index in [2.05, 4.69) is 4.98 Å². The van der Waals surface area contributed by atoms with Crippen molar-refractivity contribution in [2.24, 2.45) is 0 Å². The normalized spacial score (nSPS) is 11.4. The number of hydrogen-bond donors (Lipinski definition) is 1. The first kappa shape index (κ1) is 11.2. The number of aromatic nitrogens is 2. The summed E-state index contributed by atoms with van der Waals surface area (Å²) in [7, 11) is 0. The zero-order valence-electron chi connectivity index (χ0n) is 11.0. The second-order valence-electron chi connectivity index (χ2n) is 5.02. The van der Waals surface area contributed by atoms with Crippen LogP contribution in [0.2, 0.25) is 0 Å². The number of rotatable bonds is 0. The van der Waals surface area contributed by atoms with Crippen LogP contribution < -0.4 is 0 Å². The van der Waals surface area contributed by atoms with Crippen LogP contribution in [-0.2, 0) is 0 Å². The van der Waals surface area contributed by atoms with Gasteiger partial charge in [-0.15, -0.1) is 0 Å². The van der Waals surface area contributed by atoms with Crippen molar-refractivity contribution in [3.05, 3.63) is 54.1 Å². The predicted molar refractivity (Wildman–Crippen MR) is 81.0 cm³/mol. The molecule has 3 heteroatoms. The second kappa shape index (κ2) is 3.90. The highest BCUT2D eigenvalue weighted by atomic mass is 16.3. The third-order valence-corrected chi connectivity index (χ3v) is 3.58. The van der Waals surface area contributed by atoms with Gasteiger partial charge in [0, 0.05) is 16.8 Å². The fourth-order valence-corrected chi connectivity index (χ4v) is 2.60. The van der Waals surface area contributed by atoms with E-state index in [4.69, 9.17) is 4.98 Å². The average Bonchev–Trinajstić information content (AvgIpc) is 2.46. The lowest BCUT2D eigenvalue weighted by Gasteiger charge is -2.07. The summed E-state index contributed by atoms with van der Waals surface area (Å²) in [6.45, 7) is 2.03. The number of aryl methyl sites for hydroxylation is 1. The van der Waals surface area contributed by atoms with Crippen LogP contribution in [0.25, 0.3) is 32.8 Å². The average molecular weight is 260 g/mol. The maximum absolute atomic E-state index is 10.1. The molecule has 0 aliphatic carbocycles. The molecule has 0 spiro atoms. The van der Waals surface area contributed by atoms with E-state index >= 15 is 0 Å². The Bertz CT molecular complexity index is 977. The predicted octanol–water partition coefficient (Wildman–Crippen LogP) is 3.95. The van der Waals surface area contributed by atoms with Gasteiger partial charge in [0.1, 0.15) is 5.75 Å². The van der Waals surface area contributed by atoms with Crippen molar-refractivity contribution < 1.29 is 5.11 Å². The maximum atomic E-state index is 10.1. The van der Waals surface area contributed by atoms with Gasteiger partial charge in [-0.25, -0.2) is 9.97 Å². The van der Waals surface area contributed by atoms with Crippen LogP contribution >= 0.6 is 0 Å². The van der Waals surface area contributed by atoms with Gasteiger partial charge < -0.3 is 5.11 Å². The van der Waals surface area contributed by atoms with Crippen molar-refractivity contribution in [3.8, 4) is 5.75 Å². The van der Waals surface area contributed by atoms with Crippen molar-refractivity contribution in [2.45, 2.75) is 6.92 Å². The highest BCUT2D eigenvalue weighted by molar-refractivity contribution is 6.08. The molecule has 0 aliphatic rings. The Hall–Kier alpha value is -2.68. The van der Waals surface area contributed by atoms with E-state index in [1.807, 2.05) is 49.4 Å². The fourth-order valence-electron chi connectivity index (χ4n) is 2.60. The molecule has 20 heavy (non-hydrogen) atoms. The summed E-state index contributed by atoms with van der Waals surface area (Å²) in [4.78, 5) is 9.34. The van der Waals surface area contributed by atoms with Gasteiger partial charge in [-0.3, -0.25) is 0 Å². The standard InChI is InChI=1S/C17H12N2O/c1-10-6-7-13-14(8-10)18-15-9-16(20)11-4-2-3-5-12(11)17(15)19-13/h2-9,20H,1H3. The van der Waals surface area contributed by atoms with Gasteiger partial charge in [0.2, 0.25) is 0 Å².